The molecule has 112 valence electrons. The van der Waals surface area contributed by atoms with Gasteiger partial charge in [0.1, 0.15) is 5.82 Å². The van der Waals surface area contributed by atoms with E-state index in [4.69, 9.17) is 0 Å². The second-order valence-electron chi connectivity index (χ2n) is 5.30. The van der Waals surface area contributed by atoms with E-state index in [9.17, 15) is 9.18 Å². The van der Waals surface area contributed by atoms with Crippen LogP contribution in [0.5, 0.6) is 0 Å². The molecule has 3 nitrogen and oxygen atoms in total. The zero-order valence-electron chi connectivity index (χ0n) is 12.7. The molecular formula is C16H25FN2O. The second kappa shape index (κ2) is 8.69. The standard InChI is InChI=1S/C16H25FN2O/c1-4-5-6-10-16(20)18-12-15(19(2)3)13-8-7-9-14(17)11-13/h7-9,11,15H,4-6,10,12H2,1-3H3,(H,18,20). The average molecular weight is 280 g/mol. The molecule has 20 heavy (non-hydrogen) atoms. The number of likely N-dealkylation sites (N-methyl/N-ethyl adjacent to an activating group) is 1. The number of hydrogen-bond acceptors (Lipinski definition) is 2. The third-order valence-electron chi connectivity index (χ3n) is 3.36. The predicted molar refractivity (Wildman–Crippen MR) is 80.0 cm³/mol. The summed E-state index contributed by atoms with van der Waals surface area (Å²) < 4.78 is 13.3. The van der Waals surface area contributed by atoms with Gasteiger partial charge in [-0.1, -0.05) is 31.9 Å². The van der Waals surface area contributed by atoms with Crippen molar-refractivity contribution < 1.29 is 9.18 Å². The molecule has 0 heterocycles. The van der Waals surface area contributed by atoms with E-state index in [1.54, 1.807) is 6.07 Å². The summed E-state index contributed by atoms with van der Waals surface area (Å²) in [5.74, 6) is -0.176. The van der Waals surface area contributed by atoms with Crippen molar-refractivity contribution >= 4 is 5.91 Å². The number of carbonyl (C=O) groups is 1. The Morgan fingerprint density at radius 2 is 2.10 bits per heavy atom. The Kier molecular flexibility index (Phi) is 7.23. The first-order chi connectivity index (χ1) is 9.54. The van der Waals surface area contributed by atoms with Gasteiger partial charge in [-0.15, -0.1) is 0 Å². The van der Waals surface area contributed by atoms with Crippen LogP contribution in [0.1, 0.15) is 44.2 Å². The van der Waals surface area contributed by atoms with Crippen molar-refractivity contribution in [2.45, 2.75) is 38.6 Å². The van der Waals surface area contributed by atoms with Gasteiger partial charge in [0.25, 0.3) is 0 Å². The highest BCUT2D eigenvalue weighted by Gasteiger charge is 2.15. The number of hydrogen-bond donors (Lipinski definition) is 1. The second-order valence-corrected chi connectivity index (χ2v) is 5.30. The van der Waals surface area contributed by atoms with Crippen molar-refractivity contribution in [3.8, 4) is 0 Å². The van der Waals surface area contributed by atoms with Crippen molar-refractivity contribution in [2.75, 3.05) is 20.6 Å². The van der Waals surface area contributed by atoms with E-state index in [0.717, 1.165) is 24.8 Å². The van der Waals surface area contributed by atoms with Gasteiger partial charge >= 0.3 is 0 Å². The maximum atomic E-state index is 13.3. The highest BCUT2D eigenvalue weighted by Crippen LogP contribution is 2.18. The first kappa shape index (κ1) is 16.6. The van der Waals surface area contributed by atoms with Crippen molar-refractivity contribution in [3.05, 3.63) is 35.6 Å². The molecule has 1 amide bonds. The number of nitrogens with zero attached hydrogens (tertiary/aromatic N) is 1. The molecule has 0 aliphatic carbocycles. The summed E-state index contributed by atoms with van der Waals surface area (Å²) in [5.41, 5.74) is 0.879. The van der Waals surface area contributed by atoms with Gasteiger partial charge in [-0.2, -0.15) is 0 Å². The monoisotopic (exact) mass is 280 g/mol. The number of halogens is 1. The van der Waals surface area contributed by atoms with E-state index >= 15 is 0 Å². The molecule has 0 aliphatic heterocycles. The van der Waals surface area contributed by atoms with Gasteiger partial charge in [-0.05, 0) is 38.2 Å². The van der Waals surface area contributed by atoms with Crippen LogP contribution >= 0.6 is 0 Å². The quantitative estimate of drug-likeness (QED) is 0.742. The number of rotatable bonds is 8. The van der Waals surface area contributed by atoms with Crippen LogP contribution in [0.15, 0.2) is 24.3 Å². The SMILES string of the molecule is CCCCCC(=O)NCC(c1cccc(F)c1)N(C)C. The molecule has 1 N–H and O–H groups in total. The third-order valence-corrected chi connectivity index (χ3v) is 3.36. The lowest BCUT2D eigenvalue weighted by atomic mass is 10.1. The Balaban J connectivity index is 2.54. The van der Waals surface area contributed by atoms with Crippen LogP contribution in [-0.2, 0) is 4.79 Å². The molecule has 0 saturated heterocycles. The van der Waals surface area contributed by atoms with E-state index in [-0.39, 0.29) is 17.8 Å². The zero-order chi connectivity index (χ0) is 15.0. The first-order valence-corrected chi connectivity index (χ1v) is 7.23. The van der Waals surface area contributed by atoms with E-state index < -0.39 is 0 Å². The Bertz CT molecular complexity index is 421. The molecule has 4 heteroatoms. The van der Waals surface area contributed by atoms with Crippen LogP contribution in [0.2, 0.25) is 0 Å². The lowest BCUT2D eigenvalue weighted by Crippen LogP contribution is -2.34. The van der Waals surface area contributed by atoms with Crippen LogP contribution in [-0.4, -0.2) is 31.4 Å². The Hall–Kier alpha value is -1.42. The summed E-state index contributed by atoms with van der Waals surface area (Å²) in [5, 5.41) is 2.94. The molecule has 0 bridgehead atoms. The molecule has 1 rings (SSSR count). The third kappa shape index (κ3) is 5.70. The van der Waals surface area contributed by atoms with Gasteiger partial charge in [0.15, 0.2) is 0 Å². The molecule has 0 radical (unpaired) electrons. The van der Waals surface area contributed by atoms with E-state index in [0.29, 0.717) is 13.0 Å². The minimum absolute atomic E-state index is 0.0131. The van der Waals surface area contributed by atoms with Gasteiger partial charge in [0.05, 0.1) is 6.04 Å². The van der Waals surface area contributed by atoms with Crippen molar-refractivity contribution in [1.29, 1.82) is 0 Å². The van der Waals surface area contributed by atoms with Crippen LogP contribution in [0.4, 0.5) is 4.39 Å². The topological polar surface area (TPSA) is 32.3 Å². The van der Waals surface area contributed by atoms with Gasteiger partial charge in [0.2, 0.25) is 5.91 Å². The zero-order valence-corrected chi connectivity index (χ0v) is 12.7. The first-order valence-electron chi connectivity index (χ1n) is 7.23. The Morgan fingerprint density at radius 1 is 1.35 bits per heavy atom. The maximum Gasteiger partial charge on any atom is 0.220 e. The highest BCUT2D eigenvalue weighted by atomic mass is 19.1. The normalized spacial score (nSPS) is 12.4. The average Bonchev–Trinajstić information content (AvgIpc) is 2.39. The van der Waals surface area contributed by atoms with Crippen molar-refractivity contribution in [2.24, 2.45) is 0 Å². The summed E-state index contributed by atoms with van der Waals surface area (Å²) in [7, 11) is 3.86. The van der Waals surface area contributed by atoms with Crippen molar-refractivity contribution in [3.63, 3.8) is 0 Å². The number of carbonyl (C=O) groups excluding carboxylic acids is 1. The molecule has 1 atom stereocenters. The minimum Gasteiger partial charge on any atom is -0.354 e. The van der Waals surface area contributed by atoms with Crippen LogP contribution < -0.4 is 5.32 Å². The fraction of sp³-hybridized carbons (Fsp3) is 0.562. The summed E-state index contributed by atoms with van der Waals surface area (Å²) in [6.07, 6.45) is 3.68. The molecule has 0 saturated carbocycles. The smallest absolute Gasteiger partial charge is 0.220 e. The summed E-state index contributed by atoms with van der Waals surface area (Å²) in [6, 6.07) is 6.52. The number of unbranched alkanes of at least 4 members (excludes halogenated alkanes) is 2. The van der Waals surface area contributed by atoms with E-state index in [2.05, 4.69) is 12.2 Å². The van der Waals surface area contributed by atoms with Crippen molar-refractivity contribution in [1.82, 2.24) is 10.2 Å². The molecule has 1 unspecified atom stereocenters. The molecule has 0 aliphatic rings. The maximum absolute atomic E-state index is 13.3. The molecule has 0 spiro atoms. The van der Waals surface area contributed by atoms with Crippen LogP contribution in [0.25, 0.3) is 0 Å². The minimum atomic E-state index is -0.247. The molecule has 0 fully saturated rings. The largest absolute Gasteiger partial charge is 0.354 e. The van der Waals surface area contributed by atoms with Gasteiger partial charge in [-0.25, -0.2) is 4.39 Å². The van der Waals surface area contributed by atoms with Crippen LogP contribution in [0, 0.1) is 5.82 Å². The van der Waals surface area contributed by atoms with E-state index in [1.807, 2.05) is 25.1 Å². The fourth-order valence-electron chi connectivity index (χ4n) is 2.15. The highest BCUT2D eigenvalue weighted by molar-refractivity contribution is 5.75. The summed E-state index contributed by atoms with van der Waals surface area (Å²) >= 11 is 0. The van der Waals surface area contributed by atoms with Gasteiger partial charge in [-0.3, -0.25) is 4.79 Å². The van der Waals surface area contributed by atoms with Crippen LogP contribution in [0.3, 0.4) is 0 Å². The lowest BCUT2D eigenvalue weighted by Gasteiger charge is -2.25. The lowest BCUT2D eigenvalue weighted by molar-refractivity contribution is -0.121. The van der Waals surface area contributed by atoms with E-state index in [1.165, 1.54) is 12.1 Å². The molecular weight excluding hydrogens is 255 g/mol. The number of amides is 1. The van der Waals surface area contributed by atoms with Gasteiger partial charge in [0, 0.05) is 13.0 Å². The Labute approximate surface area is 121 Å². The fourth-order valence-corrected chi connectivity index (χ4v) is 2.15. The summed E-state index contributed by atoms with van der Waals surface area (Å²) in [4.78, 5) is 13.7. The molecule has 1 aromatic rings. The Morgan fingerprint density at radius 3 is 2.70 bits per heavy atom. The molecule has 0 aromatic heterocycles. The number of nitrogens with one attached hydrogen (secondary N) is 1. The molecule has 1 aromatic carbocycles. The van der Waals surface area contributed by atoms with Gasteiger partial charge < -0.3 is 10.2 Å². The summed E-state index contributed by atoms with van der Waals surface area (Å²) in [6.45, 7) is 2.62. The number of benzene rings is 1. The predicted octanol–water partition coefficient (Wildman–Crippen LogP) is 3.12.